The van der Waals surface area contributed by atoms with Gasteiger partial charge in [0.1, 0.15) is 5.76 Å². The average Bonchev–Trinajstić information content (AvgIpc) is 3.33. The smallest absolute Gasteiger partial charge is 0.238 e. The van der Waals surface area contributed by atoms with Crippen molar-refractivity contribution in [2.24, 2.45) is 0 Å². The molecule has 6 nitrogen and oxygen atoms in total. The highest BCUT2D eigenvalue weighted by molar-refractivity contribution is 5.94. The van der Waals surface area contributed by atoms with Crippen LogP contribution in [0.3, 0.4) is 0 Å². The van der Waals surface area contributed by atoms with Crippen LogP contribution in [0, 0.1) is 6.92 Å². The van der Waals surface area contributed by atoms with Crippen molar-refractivity contribution in [2.45, 2.75) is 52.1 Å². The third-order valence-corrected chi connectivity index (χ3v) is 5.22. The van der Waals surface area contributed by atoms with E-state index in [0.29, 0.717) is 12.5 Å². The monoisotopic (exact) mass is 383 g/mol. The van der Waals surface area contributed by atoms with Crippen molar-refractivity contribution in [1.82, 2.24) is 10.2 Å². The van der Waals surface area contributed by atoms with E-state index >= 15 is 0 Å². The second-order valence-electron chi connectivity index (χ2n) is 7.67. The van der Waals surface area contributed by atoms with Crippen LogP contribution in [0.15, 0.2) is 41.0 Å². The van der Waals surface area contributed by atoms with E-state index in [-0.39, 0.29) is 24.4 Å². The lowest BCUT2D eigenvalue weighted by Gasteiger charge is -2.24. The molecule has 0 saturated carbocycles. The fourth-order valence-corrected chi connectivity index (χ4v) is 3.72. The normalized spacial score (nSPS) is 17.1. The van der Waals surface area contributed by atoms with Gasteiger partial charge in [-0.05, 0) is 55.5 Å². The Morgan fingerprint density at radius 3 is 2.79 bits per heavy atom. The number of carbonyl (C=O) groups is 2. The van der Waals surface area contributed by atoms with Crippen LogP contribution in [-0.4, -0.2) is 35.8 Å². The number of likely N-dealkylation sites (tertiary alicyclic amines) is 1. The largest absolute Gasteiger partial charge is 0.467 e. The molecule has 1 aliphatic rings. The quantitative estimate of drug-likeness (QED) is 0.768. The summed E-state index contributed by atoms with van der Waals surface area (Å²) in [7, 11) is 0. The van der Waals surface area contributed by atoms with Crippen molar-refractivity contribution in [3.63, 3.8) is 0 Å². The first-order valence-electron chi connectivity index (χ1n) is 9.89. The van der Waals surface area contributed by atoms with E-state index in [0.717, 1.165) is 42.0 Å². The highest BCUT2D eigenvalue weighted by atomic mass is 16.3. The Morgan fingerprint density at radius 1 is 1.25 bits per heavy atom. The van der Waals surface area contributed by atoms with Crippen LogP contribution in [0.5, 0.6) is 0 Å². The molecule has 28 heavy (non-hydrogen) atoms. The number of amides is 2. The number of benzene rings is 1. The van der Waals surface area contributed by atoms with Crippen LogP contribution in [0.4, 0.5) is 5.69 Å². The number of rotatable bonds is 7. The molecule has 1 unspecified atom stereocenters. The van der Waals surface area contributed by atoms with E-state index in [1.165, 1.54) is 0 Å². The molecule has 2 heterocycles. The van der Waals surface area contributed by atoms with Crippen molar-refractivity contribution >= 4 is 17.5 Å². The fraction of sp³-hybridized carbons (Fsp3) is 0.455. The topological polar surface area (TPSA) is 74.6 Å². The van der Waals surface area contributed by atoms with Crippen molar-refractivity contribution in [3.8, 4) is 0 Å². The van der Waals surface area contributed by atoms with Gasteiger partial charge in [0.05, 0.1) is 25.4 Å². The van der Waals surface area contributed by atoms with Gasteiger partial charge in [0.25, 0.3) is 0 Å². The second-order valence-corrected chi connectivity index (χ2v) is 7.67. The summed E-state index contributed by atoms with van der Waals surface area (Å²) in [5.41, 5.74) is 3.07. The lowest BCUT2D eigenvalue weighted by molar-refractivity contribution is -0.126. The number of aryl methyl sites for hydroxylation is 1. The molecule has 6 heteroatoms. The van der Waals surface area contributed by atoms with E-state index in [4.69, 9.17) is 4.42 Å². The number of nitrogens with zero attached hydrogens (tertiary/aromatic N) is 1. The van der Waals surface area contributed by atoms with E-state index in [1.807, 2.05) is 36.1 Å². The molecule has 0 aliphatic carbocycles. The zero-order valence-electron chi connectivity index (χ0n) is 16.8. The molecule has 1 fully saturated rings. The van der Waals surface area contributed by atoms with Crippen LogP contribution in [0.25, 0.3) is 0 Å². The molecule has 2 aromatic rings. The van der Waals surface area contributed by atoms with Gasteiger partial charge in [-0.3, -0.25) is 14.5 Å². The van der Waals surface area contributed by atoms with E-state index in [9.17, 15) is 9.59 Å². The molecule has 2 amide bonds. The first-order valence-corrected chi connectivity index (χ1v) is 9.89. The van der Waals surface area contributed by atoms with Gasteiger partial charge in [-0.15, -0.1) is 0 Å². The Labute approximate surface area is 166 Å². The molecular formula is C22H29N3O3. The SMILES string of the molecule is Cc1cccc(C(C)C)c1NC(=O)CN1CCCC1C(=O)NCc1ccco1. The summed E-state index contributed by atoms with van der Waals surface area (Å²) in [6.07, 6.45) is 3.26. The summed E-state index contributed by atoms with van der Waals surface area (Å²) in [5.74, 6) is 0.904. The van der Waals surface area contributed by atoms with Crippen LogP contribution in [0.2, 0.25) is 0 Å². The number of hydrogen-bond donors (Lipinski definition) is 2. The van der Waals surface area contributed by atoms with Crippen molar-refractivity contribution in [3.05, 3.63) is 53.5 Å². The number of furan rings is 1. The Hall–Kier alpha value is -2.60. The Bertz CT molecular complexity index is 814. The summed E-state index contributed by atoms with van der Waals surface area (Å²) in [4.78, 5) is 27.2. The minimum Gasteiger partial charge on any atom is -0.467 e. The molecule has 150 valence electrons. The summed E-state index contributed by atoms with van der Waals surface area (Å²) in [6.45, 7) is 7.56. The minimum atomic E-state index is -0.276. The lowest BCUT2D eigenvalue weighted by atomic mass is 9.98. The van der Waals surface area contributed by atoms with Crippen molar-refractivity contribution in [2.75, 3.05) is 18.4 Å². The second kappa shape index (κ2) is 9.06. The summed E-state index contributed by atoms with van der Waals surface area (Å²) in [6, 6.07) is 9.41. The van der Waals surface area contributed by atoms with Crippen molar-refractivity contribution < 1.29 is 14.0 Å². The highest BCUT2D eigenvalue weighted by Crippen LogP contribution is 2.27. The number of carbonyl (C=O) groups excluding carboxylic acids is 2. The standard InChI is InChI=1S/C22H29N3O3/c1-15(2)18-9-4-7-16(3)21(18)24-20(26)14-25-11-5-10-19(25)22(27)23-13-17-8-6-12-28-17/h4,6-9,12,15,19H,5,10-11,13-14H2,1-3H3,(H,23,27)(H,24,26). The summed E-state index contributed by atoms with van der Waals surface area (Å²) >= 11 is 0. The Morgan fingerprint density at radius 2 is 2.07 bits per heavy atom. The molecule has 0 spiro atoms. The zero-order valence-corrected chi connectivity index (χ0v) is 16.8. The molecule has 1 saturated heterocycles. The van der Waals surface area contributed by atoms with Gasteiger partial charge in [0.2, 0.25) is 11.8 Å². The van der Waals surface area contributed by atoms with Gasteiger partial charge >= 0.3 is 0 Å². The van der Waals surface area contributed by atoms with Gasteiger partial charge in [-0.25, -0.2) is 0 Å². The maximum Gasteiger partial charge on any atom is 0.238 e. The van der Waals surface area contributed by atoms with Gasteiger partial charge in [-0.1, -0.05) is 32.0 Å². The molecular weight excluding hydrogens is 354 g/mol. The number of nitrogens with one attached hydrogen (secondary N) is 2. The molecule has 0 bridgehead atoms. The lowest BCUT2D eigenvalue weighted by Crippen LogP contribution is -2.45. The maximum atomic E-state index is 12.7. The predicted molar refractivity (Wildman–Crippen MR) is 109 cm³/mol. The van der Waals surface area contributed by atoms with Crippen molar-refractivity contribution in [1.29, 1.82) is 0 Å². The zero-order chi connectivity index (χ0) is 20.1. The van der Waals surface area contributed by atoms with Gasteiger partial charge in [0, 0.05) is 5.69 Å². The van der Waals surface area contributed by atoms with Gasteiger partial charge in [0.15, 0.2) is 0 Å². The summed E-state index contributed by atoms with van der Waals surface area (Å²) in [5, 5.41) is 5.98. The summed E-state index contributed by atoms with van der Waals surface area (Å²) < 4.78 is 5.25. The number of anilines is 1. The maximum absolute atomic E-state index is 12.7. The molecule has 2 N–H and O–H groups in total. The van der Waals surface area contributed by atoms with Gasteiger partial charge in [-0.2, -0.15) is 0 Å². The fourth-order valence-electron chi connectivity index (χ4n) is 3.72. The van der Waals surface area contributed by atoms with E-state index < -0.39 is 0 Å². The molecule has 1 aromatic carbocycles. The van der Waals surface area contributed by atoms with Crippen LogP contribution >= 0.6 is 0 Å². The third-order valence-electron chi connectivity index (χ3n) is 5.22. The molecule has 1 atom stereocenters. The van der Waals surface area contributed by atoms with Crippen LogP contribution in [0.1, 0.15) is 49.5 Å². The third kappa shape index (κ3) is 4.81. The molecule has 1 aliphatic heterocycles. The number of para-hydroxylation sites is 1. The van der Waals surface area contributed by atoms with Gasteiger partial charge < -0.3 is 15.1 Å². The van der Waals surface area contributed by atoms with Crippen LogP contribution in [-0.2, 0) is 16.1 Å². The Balaban J connectivity index is 1.59. The predicted octanol–water partition coefficient (Wildman–Crippen LogP) is 3.43. The Kier molecular flexibility index (Phi) is 6.52. The van der Waals surface area contributed by atoms with E-state index in [1.54, 1.807) is 12.3 Å². The molecule has 0 radical (unpaired) electrons. The first kappa shape index (κ1) is 20.1. The number of hydrogen-bond acceptors (Lipinski definition) is 4. The highest BCUT2D eigenvalue weighted by Gasteiger charge is 2.32. The van der Waals surface area contributed by atoms with Crippen LogP contribution < -0.4 is 10.6 Å². The molecule has 3 rings (SSSR count). The first-order chi connectivity index (χ1) is 13.5. The minimum absolute atomic E-state index is 0.0551. The molecule has 1 aromatic heterocycles. The van der Waals surface area contributed by atoms with E-state index in [2.05, 4.69) is 24.5 Å². The average molecular weight is 383 g/mol.